The largest absolute Gasteiger partial charge is 0.333 e. The summed E-state index contributed by atoms with van der Waals surface area (Å²) in [7, 11) is 0. The van der Waals surface area contributed by atoms with Crippen molar-refractivity contribution >= 4 is 18.5 Å². The number of nitrogens with zero attached hydrogens (tertiary/aromatic N) is 3. The van der Waals surface area contributed by atoms with Gasteiger partial charge in [-0.25, -0.2) is 4.98 Å². The maximum Gasteiger partial charge on any atom is 0.232 e. The number of aromatic nitrogens is 2. The monoisotopic (exact) mass is 197 g/mol. The molecule has 0 fully saturated rings. The summed E-state index contributed by atoms with van der Waals surface area (Å²) >= 11 is 3.96. The second-order valence-corrected chi connectivity index (χ2v) is 3.33. The van der Waals surface area contributed by atoms with Crippen LogP contribution in [0.15, 0.2) is 12.4 Å². The molecule has 0 unspecified atom stereocenters. The molecule has 1 aliphatic rings. The smallest absolute Gasteiger partial charge is 0.232 e. The van der Waals surface area contributed by atoms with E-state index in [0.717, 1.165) is 18.9 Å². The van der Waals surface area contributed by atoms with Gasteiger partial charge >= 0.3 is 0 Å². The number of carbonyl (C=O) groups excluding carboxylic acids is 1. The molecular weight excluding hydrogens is 186 g/mol. The van der Waals surface area contributed by atoms with E-state index in [9.17, 15) is 4.79 Å². The molecule has 2 heterocycles. The van der Waals surface area contributed by atoms with Crippen molar-refractivity contribution in [3.05, 3.63) is 18.2 Å². The van der Waals surface area contributed by atoms with Gasteiger partial charge in [0.2, 0.25) is 5.91 Å². The molecule has 5 heteroatoms. The van der Waals surface area contributed by atoms with Crippen molar-refractivity contribution in [3.8, 4) is 0 Å². The molecule has 1 aromatic rings. The molecule has 1 amide bonds. The normalized spacial score (nSPS) is 15.6. The second-order valence-electron chi connectivity index (χ2n) is 3.01. The molecule has 0 radical (unpaired) electrons. The molecule has 0 bridgehead atoms. The van der Waals surface area contributed by atoms with Gasteiger partial charge in [0.15, 0.2) is 0 Å². The summed E-state index contributed by atoms with van der Waals surface area (Å²) in [6.07, 6.45) is 3.71. The van der Waals surface area contributed by atoms with Gasteiger partial charge in [-0.15, -0.1) is 0 Å². The van der Waals surface area contributed by atoms with Crippen LogP contribution in [0.2, 0.25) is 0 Å². The molecule has 13 heavy (non-hydrogen) atoms. The number of fused-ring (bicyclic) bond motifs is 1. The summed E-state index contributed by atoms with van der Waals surface area (Å²) in [5.74, 6) is 1.32. The van der Waals surface area contributed by atoms with Gasteiger partial charge in [-0.05, 0) is 0 Å². The predicted octanol–water partition coefficient (Wildman–Crippen LogP) is 0.155. The predicted molar refractivity (Wildman–Crippen MR) is 51.5 cm³/mol. The van der Waals surface area contributed by atoms with Gasteiger partial charge in [-0.1, -0.05) is 0 Å². The van der Waals surface area contributed by atoms with E-state index in [1.54, 1.807) is 11.1 Å². The van der Waals surface area contributed by atoms with Crippen LogP contribution in [0.25, 0.3) is 0 Å². The number of imidazole rings is 1. The van der Waals surface area contributed by atoms with Crippen LogP contribution < -0.4 is 0 Å². The van der Waals surface area contributed by atoms with E-state index >= 15 is 0 Å². The fourth-order valence-electron chi connectivity index (χ4n) is 1.49. The van der Waals surface area contributed by atoms with Crippen LogP contribution >= 0.6 is 12.6 Å². The van der Waals surface area contributed by atoms with Gasteiger partial charge in [0.1, 0.15) is 5.82 Å². The van der Waals surface area contributed by atoms with Crippen LogP contribution in [0.3, 0.4) is 0 Å². The van der Waals surface area contributed by atoms with E-state index < -0.39 is 0 Å². The number of carbonyl (C=O) groups is 1. The third kappa shape index (κ3) is 1.56. The van der Waals surface area contributed by atoms with Gasteiger partial charge < -0.3 is 9.47 Å². The molecule has 70 valence electrons. The van der Waals surface area contributed by atoms with Crippen LogP contribution in [-0.4, -0.2) is 32.7 Å². The topological polar surface area (TPSA) is 38.1 Å². The Morgan fingerprint density at radius 3 is 3.23 bits per heavy atom. The van der Waals surface area contributed by atoms with Gasteiger partial charge in [0.05, 0.1) is 12.3 Å². The molecule has 4 nitrogen and oxygen atoms in total. The number of rotatable bonds is 1. The molecule has 0 saturated heterocycles. The number of thiol groups is 1. The molecule has 0 spiro atoms. The number of amides is 1. The van der Waals surface area contributed by atoms with E-state index in [1.807, 2.05) is 6.20 Å². The molecular formula is C8H11N3OS. The van der Waals surface area contributed by atoms with Crippen molar-refractivity contribution in [1.29, 1.82) is 0 Å². The first kappa shape index (κ1) is 8.62. The zero-order valence-electron chi connectivity index (χ0n) is 7.18. The van der Waals surface area contributed by atoms with Crippen molar-refractivity contribution in [2.75, 3.05) is 12.3 Å². The van der Waals surface area contributed by atoms with E-state index in [0.29, 0.717) is 6.54 Å². The minimum Gasteiger partial charge on any atom is -0.333 e. The van der Waals surface area contributed by atoms with E-state index in [2.05, 4.69) is 22.2 Å². The maximum absolute atomic E-state index is 11.3. The zero-order chi connectivity index (χ0) is 9.26. The Bertz CT molecular complexity index is 323. The van der Waals surface area contributed by atoms with Crippen molar-refractivity contribution < 1.29 is 4.79 Å². The van der Waals surface area contributed by atoms with Crippen LogP contribution in [0, 0.1) is 0 Å². The Hall–Kier alpha value is -0.970. The molecule has 0 saturated carbocycles. The molecule has 0 aliphatic carbocycles. The number of hydrogen-bond donors (Lipinski definition) is 1. The van der Waals surface area contributed by atoms with E-state index in [-0.39, 0.29) is 11.7 Å². The average molecular weight is 197 g/mol. The Labute approximate surface area is 82.0 Å². The summed E-state index contributed by atoms with van der Waals surface area (Å²) < 4.78 is 2.07. The molecule has 0 aromatic carbocycles. The quantitative estimate of drug-likeness (QED) is 0.651. The summed E-state index contributed by atoms with van der Waals surface area (Å²) in [5.41, 5.74) is 0. The van der Waals surface area contributed by atoms with Crippen LogP contribution in [0.4, 0.5) is 0 Å². The Kier molecular flexibility index (Phi) is 2.26. The Balaban J connectivity index is 2.13. The fraction of sp³-hybridized carbons (Fsp3) is 0.500. The maximum atomic E-state index is 11.3. The number of hydrogen-bond acceptors (Lipinski definition) is 3. The minimum absolute atomic E-state index is 0.0811. The Morgan fingerprint density at radius 2 is 2.46 bits per heavy atom. The van der Waals surface area contributed by atoms with Crippen molar-refractivity contribution in [2.45, 2.75) is 13.1 Å². The lowest BCUT2D eigenvalue weighted by Gasteiger charge is -2.27. The van der Waals surface area contributed by atoms with Crippen LogP contribution in [0.5, 0.6) is 0 Å². The lowest BCUT2D eigenvalue weighted by atomic mass is 10.3. The molecule has 2 rings (SSSR count). The van der Waals surface area contributed by atoms with Crippen molar-refractivity contribution in [3.63, 3.8) is 0 Å². The third-order valence-electron chi connectivity index (χ3n) is 2.23. The van der Waals surface area contributed by atoms with Crippen molar-refractivity contribution in [1.82, 2.24) is 14.5 Å². The summed E-state index contributed by atoms with van der Waals surface area (Å²) in [6, 6.07) is 0. The Morgan fingerprint density at radius 1 is 1.62 bits per heavy atom. The summed E-state index contributed by atoms with van der Waals surface area (Å²) in [6.45, 7) is 2.23. The van der Waals surface area contributed by atoms with E-state index in [4.69, 9.17) is 0 Å². The second kappa shape index (κ2) is 3.41. The molecule has 0 N–H and O–H groups in total. The summed E-state index contributed by atoms with van der Waals surface area (Å²) in [5, 5.41) is 0. The van der Waals surface area contributed by atoms with E-state index in [1.165, 1.54) is 0 Å². The highest BCUT2D eigenvalue weighted by Crippen LogP contribution is 2.10. The highest BCUT2D eigenvalue weighted by atomic mass is 32.1. The minimum atomic E-state index is 0.0811. The van der Waals surface area contributed by atoms with Gasteiger partial charge in [0, 0.05) is 25.5 Å². The first-order valence-electron chi connectivity index (χ1n) is 4.20. The van der Waals surface area contributed by atoms with Gasteiger partial charge in [0.25, 0.3) is 0 Å². The lowest BCUT2D eigenvalue weighted by Crippen LogP contribution is -2.38. The highest BCUT2D eigenvalue weighted by Gasteiger charge is 2.19. The summed E-state index contributed by atoms with van der Waals surface area (Å²) in [4.78, 5) is 17.3. The lowest BCUT2D eigenvalue weighted by molar-refractivity contribution is -0.129. The van der Waals surface area contributed by atoms with Gasteiger partial charge in [-0.2, -0.15) is 12.6 Å². The third-order valence-corrected chi connectivity index (χ3v) is 2.50. The van der Waals surface area contributed by atoms with Crippen LogP contribution in [-0.2, 0) is 17.9 Å². The molecule has 1 aliphatic heterocycles. The molecule has 0 atom stereocenters. The first-order chi connectivity index (χ1) is 6.31. The van der Waals surface area contributed by atoms with Crippen LogP contribution in [0.1, 0.15) is 5.82 Å². The zero-order valence-corrected chi connectivity index (χ0v) is 8.07. The SMILES string of the molecule is O=C(CS)N1CCn2ccnc2C1. The average Bonchev–Trinajstić information content (AvgIpc) is 2.63. The standard InChI is InChI=1S/C8H11N3OS/c12-8(6-13)11-4-3-10-2-1-9-7(10)5-11/h1-2,13H,3-6H2. The van der Waals surface area contributed by atoms with Gasteiger partial charge in [-0.3, -0.25) is 4.79 Å². The molecule has 1 aromatic heterocycles. The first-order valence-corrected chi connectivity index (χ1v) is 4.83. The highest BCUT2D eigenvalue weighted by molar-refractivity contribution is 7.81. The van der Waals surface area contributed by atoms with Crippen molar-refractivity contribution in [2.24, 2.45) is 0 Å². The fourth-order valence-corrected chi connectivity index (χ4v) is 1.69.